The van der Waals surface area contributed by atoms with Crippen molar-refractivity contribution in [1.82, 2.24) is 4.72 Å². The highest BCUT2D eigenvalue weighted by molar-refractivity contribution is 7.88. The number of benzene rings is 1. The number of nitrogens with zero attached hydrogens (tertiary/aromatic N) is 1. The number of nitriles is 1. The minimum Gasteiger partial charge on any atom is -0.215 e. The zero-order valence-corrected chi connectivity index (χ0v) is 10.2. The molecule has 0 saturated heterocycles. The average molecular weight is 250 g/mol. The monoisotopic (exact) mass is 250 g/mol. The largest absolute Gasteiger partial charge is 0.215 e. The topological polar surface area (TPSA) is 70.0 Å². The number of hydrogen-bond acceptors (Lipinski definition) is 3. The van der Waals surface area contributed by atoms with E-state index in [1.165, 1.54) is 0 Å². The Labute approximate surface area is 101 Å². The average Bonchev–Trinajstić information content (AvgIpc) is 3.10. The number of rotatable bonds is 5. The van der Waals surface area contributed by atoms with Gasteiger partial charge in [-0.15, -0.1) is 0 Å². The molecule has 1 N–H and O–H groups in total. The molecule has 1 aliphatic rings. The predicted molar refractivity (Wildman–Crippen MR) is 64.5 cm³/mol. The van der Waals surface area contributed by atoms with E-state index < -0.39 is 10.0 Å². The van der Waals surface area contributed by atoms with Gasteiger partial charge in [0.25, 0.3) is 0 Å². The minimum absolute atomic E-state index is 0.0603. The molecule has 90 valence electrons. The first-order valence-electron chi connectivity index (χ1n) is 5.55. The van der Waals surface area contributed by atoms with Gasteiger partial charge in [-0.2, -0.15) is 5.26 Å². The van der Waals surface area contributed by atoms with E-state index in [9.17, 15) is 8.42 Å². The Morgan fingerprint density at radius 1 is 1.41 bits per heavy atom. The first-order valence-corrected chi connectivity index (χ1v) is 7.21. The summed E-state index contributed by atoms with van der Waals surface area (Å²) in [6.07, 6.45) is 2.23. The molecule has 0 unspecified atom stereocenters. The third-order valence-electron chi connectivity index (χ3n) is 2.70. The fraction of sp³-hybridized carbons (Fsp3) is 0.417. The molecule has 0 aromatic heterocycles. The Balaban J connectivity index is 2.00. The van der Waals surface area contributed by atoms with Crippen LogP contribution in [0.5, 0.6) is 0 Å². The Hall–Kier alpha value is -1.38. The molecule has 5 heteroatoms. The molecule has 0 radical (unpaired) electrons. The molecular formula is C12H14N2O2S. The lowest BCUT2D eigenvalue weighted by molar-refractivity contribution is 0.576. The van der Waals surface area contributed by atoms with Crippen molar-refractivity contribution >= 4 is 10.0 Å². The van der Waals surface area contributed by atoms with Crippen LogP contribution in [-0.2, 0) is 15.8 Å². The molecule has 1 fully saturated rings. The summed E-state index contributed by atoms with van der Waals surface area (Å²) < 4.78 is 26.1. The SMILES string of the molecule is N#Cc1cccc(CS(=O)(=O)NCC2CC2)c1. The van der Waals surface area contributed by atoms with E-state index in [1.54, 1.807) is 24.3 Å². The maximum atomic E-state index is 11.7. The Bertz CT molecular complexity index is 542. The van der Waals surface area contributed by atoms with Crippen molar-refractivity contribution in [1.29, 1.82) is 5.26 Å². The lowest BCUT2D eigenvalue weighted by Gasteiger charge is -2.06. The van der Waals surface area contributed by atoms with Crippen LogP contribution < -0.4 is 4.72 Å². The molecule has 0 bridgehead atoms. The summed E-state index contributed by atoms with van der Waals surface area (Å²) in [5.74, 6) is 0.463. The van der Waals surface area contributed by atoms with E-state index in [-0.39, 0.29) is 5.75 Å². The second-order valence-electron chi connectivity index (χ2n) is 4.36. The van der Waals surface area contributed by atoms with Crippen molar-refractivity contribution < 1.29 is 8.42 Å². The van der Waals surface area contributed by atoms with Crippen LogP contribution in [0.2, 0.25) is 0 Å². The van der Waals surface area contributed by atoms with Gasteiger partial charge in [-0.05, 0) is 36.5 Å². The van der Waals surface area contributed by atoms with E-state index in [2.05, 4.69) is 4.72 Å². The third kappa shape index (κ3) is 3.84. The number of hydrogen-bond donors (Lipinski definition) is 1. The molecular weight excluding hydrogens is 236 g/mol. The van der Waals surface area contributed by atoms with Crippen molar-refractivity contribution in [3.05, 3.63) is 35.4 Å². The highest BCUT2D eigenvalue weighted by Gasteiger charge is 2.23. The van der Waals surface area contributed by atoms with Crippen molar-refractivity contribution in [2.45, 2.75) is 18.6 Å². The van der Waals surface area contributed by atoms with Crippen molar-refractivity contribution in [2.75, 3.05) is 6.54 Å². The van der Waals surface area contributed by atoms with Gasteiger partial charge in [-0.3, -0.25) is 0 Å². The summed E-state index contributed by atoms with van der Waals surface area (Å²) in [6.45, 7) is 0.542. The lowest BCUT2D eigenvalue weighted by Crippen LogP contribution is -2.27. The molecule has 0 spiro atoms. The van der Waals surface area contributed by atoms with Crippen molar-refractivity contribution in [3.63, 3.8) is 0 Å². The molecule has 0 aliphatic heterocycles. The van der Waals surface area contributed by atoms with Gasteiger partial charge < -0.3 is 0 Å². The first-order chi connectivity index (χ1) is 8.09. The van der Waals surface area contributed by atoms with E-state index in [4.69, 9.17) is 5.26 Å². The highest BCUT2D eigenvalue weighted by atomic mass is 32.2. The number of nitrogens with one attached hydrogen (secondary N) is 1. The second-order valence-corrected chi connectivity index (χ2v) is 6.17. The van der Waals surface area contributed by atoms with Crippen molar-refractivity contribution in [3.8, 4) is 6.07 Å². The van der Waals surface area contributed by atoms with Gasteiger partial charge in [0.05, 0.1) is 17.4 Å². The summed E-state index contributed by atoms with van der Waals surface area (Å²) in [4.78, 5) is 0. The maximum Gasteiger partial charge on any atom is 0.215 e. The van der Waals surface area contributed by atoms with Gasteiger partial charge in [-0.1, -0.05) is 12.1 Å². The van der Waals surface area contributed by atoms with Gasteiger partial charge >= 0.3 is 0 Å². The van der Waals surface area contributed by atoms with Crippen molar-refractivity contribution in [2.24, 2.45) is 5.92 Å². The van der Waals surface area contributed by atoms with Gasteiger partial charge in [0.15, 0.2) is 0 Å². The predicted octanol–water partition coefficient (Wildman–Crippen LogP) is 1.39. The van der Waals surface area contributed by atoms with E-state index in [0.717, 1.165) is 12.8 Å². The fourth-order valence-corrected chi connectivity index (χ4v) is 2.78. The molecule has 0 heterocycles. The Morgan fingerprint density at radius 2 is 2.18 bits per heavy atom. The van der Waals surface area contributed by atoms with Crippen LogP contribution in [0.1, 0.15) is 24.0 Å². The number of sulfonamides is 1. The van der Waals surface area contributed by atoms with Crippen LogP contribution in [0, 0.1) is 17.2 Å². The first kappa shape index (κ1) is 12.1. The summed E-state index contributed by atoms with van der Waals surface area (Å²) >= 11 is 0. The van der Waals surface area contributed by atoms with Crippen LogP contribution in [0.25, 0.3) is 0 Å². The van der Waals surface area contributed by atoms with Gasteiger partial charge in [0.2, 0.25) is 10.0 Å². The molecule has 0 amide bonds. The molecule has 1 aromatic carbocycles. The van der Waals surface area contributed by atoms with E-state index in [0.29, 0.717) is 23.6 Å². The van der Waals surface area contributed by atoms with Gasteiger partial charge in [0, 0.05) is 6.54 Å². The minimum atomic E-state index is -3.27. The highest BCUT2D eigenvalue weighted by Crippen LogP contribution is 2.27. The molecule has 1 aliphatic carbocycles. The van der Waals surface area contributed by atoms with Crippen LogP contribution in [0.3, 0.4) is 0 Å². The zero-order valence-electron chi connectivity index (χ0n) is 9.39. The normalized spacial score (nSPS) is 15.5. The summed E-state index contributed by atoms with van der Waals surface area (Å²) in [7, 11) is -3.27. The van der Waals surface area contributed by atoms with Crippen LogP contribution >= 0.6 is 0 Å². The molecule has 1 saturated carbocycles. The summed E-state index contributed by atoms with van der Waals surface area (Å²) in [5.41, 5.74) is 1.13. The molecule has 17 heavy (non-hydrogen) atoms. The third-order valence-corrected chi connectivity index (χ3v) is 4.02. The van der Waals surface area contributed by atoms with E-state index >= 15 is 0 Å². The molecule has 0 atom stereocenters. The van der Waals surface area contributed by atoms with Gasteiger partial charge in [-0.25, -0.2) is 13.1 Å². The van der Waals surface area contributed by atoms with Crippen LogP contribution in [0.4, 0.5) is 0 Å². The second kappa shape index (κ2) is 4.86. The fourth-order valence-electron chi connectivity index (χ4n) is 1.57. The summed E-state index contributed by atoms with van der Waals surface area (Å²) in [5, 5.41) is 8.73. The lowest BCUT2D eigenvalue weighted by atomic mass is 10.2. The quantitative estimate of drug-likeness (QED) is 0.858. The van der Waals surface area contributed by atoms with Crippen LogP contribution in [-0.4, -0.2) is 15.0 Å². The molecule has 4 nitrogen and oxygen atoms in total. The van der Waals surface area contributed by atoms with Crippen LogP contribution in [0.15, 0.2) is 24.3 Å². The van der Waals surface area contributed by atoms with Gasteiger partial charge in [0.1, 0.15) is 0 Å². The standard InChI is InChI=1S/C12H14N2O2S/c13-7-11-2-1-3-12(6-11)9-17(15,16)14-8-10-4-5-10/h1-3,6,10,14H,4-5,8-9H2. The Morgan fingerprint density at radius 3 is 2.82 bits per heavy atom. The maximum absolute atomic E-state index is 11.7. The Kier molecular flexibility index (Phi) is 3.46. The van der Waals surface area contributed by atoms with E-state index in [1.807, 2.05) is 6.07 Å². The zero-order chi connectivity index (χ0) is 12.3. The molecule has 2 rings (SSSR count). The summed E-state index contributed by atoms with van der Waals surface area (Å²) in [6, 6.07) is 8.68. The molecule has 1 aromatic rings. The smallest absolute Gasteiger partial charge is 0.215 e.